The van der Waals surface area contributed by atoms with Gasteiger partial charge >= 0.3 is 0 Å². The summed E-state index contributed by atoms with van der Waals surface area (Å²) in [6.07, 6.45) is 1.24. The molecule has 0 amide bonds. The zero-order chi connectivity index (χ0) is 16.8. The minimum atomic E-state index is -1.87. The monoisotopic (exact) mass is 342 g/mol. The summed E-state index contributed by atoms with van der Waals surface area (Å²) in [4.78, 5) is 12.8. The van der Waals surface area contributed by atoms with Crippen LogP contribution in [-0.2, 0) is 14.0 Å². The first-order chi connectivity index (χ1) is 11.0. The summed E-state index contributed by atoms with van der Waals surface area (Å²) < 4.78 is 12.2. The minimum Gasteiger partial charge on any atom is -0.413 e. The van der Waals surface area contributed by atoms with Gasteiger partial charge in [-0.05, 0) is 42.8 Å². The molecule has 0 aromatic carbocycles. The number of hydrogen-bond acceptors (Lipinski definition) is 5. The molecule has 1 aliphatic heterocycles. The lowest BCUT2D eigenvalue weighted by molar-refractivity contribution is -0.258. The number of aliphatic hydroxyl groups is 2. The van der Waals surface area contributed by atoms with E-state index in [0.717, 1.165) is 24.6 Å². The zero-order valence-corrected chi connectivity index (χ0v) is 15.5. The first kappa shape index (κ1) is 17.5. The maximum absolute atomic E-state index is 12.8. The van der Waals surface area contributed by atoms with Crippen molar-refractivity contribution in [2.45, 2.75) is 63.6 Å². The van der Waals surface area contributed by atoms with Crippen molar-refractivity contribution in [2.24, 2.45) is 23.7 Å². The molecule has 0 aromatic heterocycles. The molecule has 3 fully saturated rings. The lowest BCUT2D eigenvalue weighted by atomic mass is 9.71. The number of Topliss-reactive ketones (excluding diaryl/α,β-unsaturated/α-hetero) is 1. The Labute approximate surface area is 139 Å². The quantitative estimate of drug-likeness (QED) is 0.692. The van der Waals surface area contributed by atoms with Crippen LogP contribution in [0.15, 0.2) is 0 Å². The Morgan fingerprint density at radius 3 is 2.52 bits per heavy atom. The van der Waals surface area contributed by atoms with Gasteiger partial charge in [-0.15, -0.1) is 0 Å². The van der Waals surface area contributed by atoms with Crippen molar-refractivity contribution >= 4 is 14.1 Å². The van der Waals surface area contributed by atoms with Gasteiger partial charge in [0, 0.05) is 12.5 Å². The third kappa shape index (κ3) is 2.37. The topological polar surface area (TPSA) is 76.0 Å². The molecule has 0 radical (unpaired) electrons. The normalized spacial score (nSPS) is 42.5. The first-order valence-electron chi connectivity index (χ1n) is 9.17. The van der Waals surface area contributed by atoms with Gasteiger partial charge in [0.05, 0.1) is 18.6 Å². The van der Waals surface area contributed by atoms with Gasteiger partial charge in [-0.2, -0.15) is 0 Å². The van der Waals surface area contributed by atoms with Crippen LogP contribution in [0.2, 0.25) is 18.1 Å². The molecule has 2 saturated carbocycles. The van der Waals surface area contributed by atoms with E-state index in [9.17, 15) is 15.0 Å². The van der Waals surface area contributed by atoms with Gasteiger partial charge in [-0.25, -0.2) is 0 Å². The Morgan fingerprint density at radius 2 is 1.96 bits per heavy atom. The molecule has 0 unspecified atom stereocenters. The van der Waals surface area contributed by atoms with E-state index in [-0.39, 0.29) is 42.2 Å². The van der Waals surface area contributed by atoms with Gasteiger partial charge in [0.25, 0.3) is 0 Å². The van der Waals surface area contributed by atoms with Crippen LogP contribution in [0.25, 0.3) is 0 Å². The SMILES string of the molecule is CC[Si](CC)(CC)O[C@@H]1[C@H]2C(=O)[C@]3(O)OCC[C@H]([C@H]2CCO)[C@H]13. The Morgan fingerprint density at radius 1 is 1.30 bits per heavy atom. The summed E-state index contributed by atoms with van der Waals surface area (Å²) in [5.41, 5.74) is 0. The molecule has 6 heteroatoms. The Balaban J connectivity index is 1.94. The fraction of sp³-hybridized carbons (Fsp3) is 0.941. The van der Waals surface area contributed by atoms with Crippen LogP contribution >= 0.6 is 0 Å². The number of ether oxygens (including phenoxy) is 1. The van der Waals surface area contributed by atoms with E-state index in [1.165, 1.54) is 0 Å². The van der Waals surface area contributed by atoms with Crippen LogP contribution in [0.3, 0.4) is 0 Å². The highest BCUT2D eigenvalue weighted by molar-refractivity contribution is 6.73. The third-order valence-electron chi connectivity index (χ3n) is 6.84. The first-order valence-corrected chi connectivity index (χ1v) is 11.7. The number of ketones is 1. The number of fused-ring (bicyclic) bond motifs is 1. The van der Waals surface area contributed by atoms with Gasteiger partial charge in [0.15, 0.2) is 14.1 Å². The second-order valence-electron chi connectivity index (χ2n) is 7.42. The van der Waals surface area contributed by atoms with E-state index in [0.29, 0.717) is 13.0 Å². The minimum absolute atomic E-state index is 0.0849. The van der Waals surface area contributed by atoms with Crippen molar-refractivity contribution in [3.63, 3.8) is 0 Å². The van der Waals surface area contributed by atoms with Crippen molar-refractivity contribution in [2.75, 3.05) is 13.2 Å². The Hall–Kier alpha value is -0.273. The van der Waals surface area contributed by atoms with Gasteiger partial charge in [-0.1, -0.05) is 20.8 Å². The summed E-state index contributed by atoms with van der Waals surface area (Å²) in [5.74, 6) is -2.04. The highest BCUT2D eigenvalue weighted by Gasteiger charge is 2.73. The maximum atomic E-state index is 12.8. The molecular weight excluding hydrogens is 312 g/mol. The molecule has 5 nitrogen and oxygen atoms in total. The van der Waals surface area contributed by atoms with E-state index in [1.54, 1.807) is 0 Å². The Bertz CT molecular complexity index is 458. The molecule has 3 rings (SSSR count). The number of carbonyl (C=O) groups is 1. The van der Waals surface area contributed by atoms with Gasteiger partial charge < -0.3 is 19.4 Å². The molecule has 0 spiro atoms. The van der Waals surface area contributed by atoms with Crippen LogP contribution in [0.1, 0.15) is 33.6 Å². The number of aliphatic hydroxyl groups excluding tert-OH is 1. The van der Waals surface area contributed by atoms with E-state index >= 15 is 0 Å². The molecule has 3 aliphatic rings. The van der Waals surface area contributed by atoms with E-state index < -0.39 is 14.1 Å². The molecule has 2 aliphatic carbocycles. The van der Waals surface area contributed by atoms with E-state index in [1.807, 2.05) is 0 Å². The second kappa shape index (κ2) is 6.22. The predicted octanol–water partition coefficient (Wildman–Crippen LogP) is 1.93. The van der Waals surface area contributed by atoms with Crippen molar-refractivity contribution in [1.82, 2.24) is 0 Å². The summed E-state index contributed by atoms with van der Waals surface area (Å²) in [7, 11) is -1.87. The second-order valence-corrected chi connectivity index (χ2v) is 12.1. The molecular formula is C17H30O5Si. The van der Waals surface area contributed by atoms with Gasteiger partial charge in [0.2, 0.25) is 5.79 Å². The van der Waals surface area contributed by atoms with Gasteiger partial charge in [0.1, 0.15) is 0 Å². The third-order valence-corrected chi connectivity index (χ3v) is 11.5. The molecule has 2 bridgehead atoms. The summed E-state index contributed by atoms with van der Waals surface area (Å²) in [5, 5.41) is 20.3. The smallest absolute Gasteiger partial charge is 0.232 e. The van der Waals surface area contributed by atoms with Gasteiger partial charge in [-0.3, -0.25) is 4.79 Å². The molecule has 2 N–H and O–H groups in total. The summed E-state index contributed by atoms with van der Waals surface area (Å²) in [6.45, 7) is 7.03. The molecule has 6 atom stereocenters. The molecule has 132 valence electrons. The molecule has 1 saturated heterocycles. The highest BCUT2D eigenvalue weighted by atomic mass is 28.4. The van der Waals surface area contributed by atoms with E-state index in [2.05, 4.69) is 20.8 Å². The number of rotatable bonds is 7. The summed E-state index contributed by atoms with van der Waals surface area (Å²) >= 11 is 0. The van der Waals surface area contributed by atoms with Crippen molar-refractivity contribution in [1.29, 1.82) is 0 Å². The van der Waals surface area contributed by atoms with Crippen molar-refractivity contribution in [3.05, 3.63) is 0 Å². The number of hydrogen-bond donors (Lipinski definition) is 2. The number of carbonyl (C=O) groups excluding carboxylic acids is 1. The fourth-order valence-electron chi connectivity index (χ4n) is 5.39. The van der Waals surface area contributed by atoms with Crippen LogP contribution < -0.4 is 0 Å². The van der Waals surface area contributed by atoms with E-state index in [4.69, 9.17) is 9.16 Å². The van der Waals surface area contributed by atoms with Crippen LogP contribution in [-0.4, -0.2) is 49.4 Å². The van der Waals surface area contributed by atoms with Crippen LogP contribution in [0.5, 0.6) is 0 Å². The average Bonchev–Trinajstić information content (AvgIpc) is 2.97. The fourth-order valence-corrected chi connectivity index (χ4v) is 8.26. The standard InChI is InChI=1S/C17H30O5Si/c1-4-23(5-2,6-3)22-15-13-11(7-9-18)12-8-10-21-17(20,14(12)15)16(13)19/h11-15,18,20H,4-10H2,1-3H3/t11-,12-,13+,14-,15-,17-/m1/s1. The zero-order valence-electron chi connectivity index (χ0n) is 14.5. The molecule has 0 aromatic rings. The largest absolute Gasteiger partial charge is 0.413 e. The Kier molecular flexibility index (Phi) is 4.75. The predicted molar refractivity (Wildman–Crippen MR) is 88.3 cm³/mol. The van der Waals surface area contributed by atoms with Crippen LogP contribution in [0, 0.1) is 23.7 Å². The highest BCUT2D eigenvalue weighted by Crippen LogP contribution is 2.61. The van der Waals surface area contributed by atoms with Crippen LogP contribution in [0.4, 0.5) is 0 Å². The maximum Gasteiger partial charge on any atom is 0.232 e. The van der Waals surface area contributed by atoms with Crippen molar-refractivity contribution in [3.8, 4) is 0 Å². The lowest BCUT2D eigenvalue weighted by Crippen LogP contribution is -2.56. The molecule has 23 heavy (non-hydrogen) atoms. The average molecular weight is 343 g/mol. The van der Waals surface area contributed by atoms with Crippen molar-refractivity contribution < 1.29 is 24.2 Å². The lowest BCUT2D eigenvalue weighted by Gasteiger charge is -2.44. The molecule has 1 heterocycles. The summed E-state index contributed by atoms with van der Waals surface area (Å²) in [6, 6.07) is 3.08.